The molecule has 0 atom stereocenters. The molecule has 0 saturated heterocycles. The SMILES string of the molecule is CCOC(=O)C(=CCNC(=O)c1cnn(-c2ccc([N+](=O)[O-])cc2)c1C(F)(F)F)C(=O)OCC. The normalized spacial score (nSPS) is 10.9. The van der Waals surface area contributed by atoms with Gasteiger partial charge in [0, 0.05) is 18.7 Å². The molecule has 0 bridgehead atoms. The summed E-state index contributed by atoms with van der Waals surface area (Å²) in [6.07, 6.45) is -3.37. The first-order valence-corrected chi connectivity index (χ1v) is 9.73. The van der Waals surface area contributed by atoms with Crippen LogP contribution in [0.15, 0.2) is 42.1 Å². The lowest BCUT2D eigenvalue weighted by atomic mass is 10.2. The van der Waals surface area contributed by atoms with Crippen molar-refractivity contribution < 1.29 is 42.0 Å². The molecule has 1 amide bonds. The number of ether oxygens (including phenoxy) is 2. The van der Waals surface area contributed by atoms with Gasteiger partial charge in [-0.2, -0.15) is 18.3 Å². The van der Waals surface area contributed by atoms with Crippen molar-refractivity contribution in [3.8, 4) is 5.69 Å². The van der Waals surface area contributed by atoms with Gasteiger partial charge in [0.2, 0.25) is 0 Å². The standard InChI is InChI=1S/C20H19F3N4O7/c1-3-33-18(29)14(19(30)34-4-2)9-10-24-17(28)15-11-25-26(16(15)20(21,22)23)12-5-7-13(8-6-12)27(31)32/h5-9,11H,3-4,10H2,1-2H3,(H,24,28). The van der Waals surface area contributed by atoms with Crippen molar-refractivity contribution in [3.05, 3.63) is 63.5 Å². The molecule has 11 nitrogen and oxygen atoms in total. The Labute approximate surface area is 190 Å². The molecule has 1 aromatic carbocycles. The van der Waals surface area contributed by atoms with E-state index in [-0.39, 0.29) is 24.6 Å². The zero-order valence-corrected chi connectivity index (χ0v) is 17.9. The summed E-state index contributed by atoms with van der Waals surface area (Å²) in [6.45, 7) is 2.43. The van der Waals surface area contributed by atoms with Gasteiger partial charge in [-0.25, -0.2) is 14.3 Å². The average Bonchev–Trinajstić information content (AvgIpc) is 3.23. The number of hydrogen-bond acceptors (Lipinski definition) is 8. The third-order valence-corrected chi connectivity index (χ3v) is 4.15. The summed E-state index contributed by atoms with van der Waals surface area (Å²) >= 11 is 0. The van der Waals surface area contributed by atoms with Crippen LogP contribution in [0.3, 0.4) is 0 Å². The maximum absolute atomic E-state index is 13.7. The number of amides is 1. The van der Waals surface area contributed by atoms with E-state index >= 15 is 0 Å². The van der Waals surface area contributed by atoms with Crippen molar-refractivity contribution in [1.82, 2.24) is 15.1 Å². The van der Waals surface area contributed by atoms with Crippen LogP contribution < -0.4 is 5.32 Å². The molecular formula is C20H19F3N4O7. The zero-order chi connectivity index (χ0) is 25.5. The third-order valence-electron chi connectivity index (χ3n) is 4.15. The third kappa shape index (κ3) is 6.17. The number of nitrogens with zero attached hydrogens (tertiary/aromatic N) is 3. The Kier molecular flexibility index (Phi) is 8.47. The van der Waals surface area contributed by atoms with Crippen molar-refractivity contribution in [2.45, 2.75) is 20.0 Å². The monoisotopic (exact) mass is 484 g/mol. The van der Waals surface area contributed by atoms with Crippen LogP contribution in [-0.2, 0) is 25.2 Å². The number of nitro groups is 1. The number of esters is 2. The number of non-ortho nitro benzene ring substituents is 1. The summed E-state index contributed by atoms with van der Waals surface area (Å²) in [5, 5.41) is 16.5. The van der Waals surface area contributed by atoms with Gasteiger partial charge in [0.05, 0.1) is 35.6 Å². The largest absolute Gasteiger partial charge is 0.462 e. The lowest BCUT2D eigenvalue weighted by Crippen LogP contribution is -2.28. The molecule has 0 radical (unpaired) electrons. The first-order chi connectivity index (χ1) is 16.0. The van der Waals surface area contributed by atoms with Gasteiger partial charge in [0.15, 0.2) is 5.69 Å². The van der Waals surface area contributed by atoms with E-state index in [1.807, 2.05) is 0 Å². The number of carbonyl (C=O) groups excluding carboxylic acids is 3. The first-order valence-electron chi connectivity index (χ1n) is 9.73. The lowest BCUT2D eigenvalue weighted by molar-refractivity contribution is -0.384. The topological polar surface area (TPSA) is 143 Å². The van der Waals surface area contributed by atoms with Gasteiger partial charge in [0.25, 0.3) is 11.6 Å². The van der Waals surface area contributed by atoms with E-state index in [0.717, 1.165) is 30.3 Å². The van der Waals surface area contributed by atoms with E-state index in [4.69, 9.17) is 9.47 Å². The van der Waals surface area contributed by atoms with Crippen LogP contribution in [0, 0.1) is 10.1 Å². The molecule has 14 heteroatoms. The Morgan fingerprint density at radius 1 is 1.12 bits per heavy atom. The highest BCUT2D eigenvalue weighted by Crippen LogP contribution is 2.34. The van der Waals surface area contributed by atoms with Crippen LogP contribution >= 0.6 is 0 Å². The van der Waals surface area contributed by atoms with Crippen molar-refractivity contribution >= 4 is 23.5 Å². The Balaban J connectivity index is 2.32. The molecule has 2 aromatic rings. The summed E-state index contributed by atoms with van der Waals surface area (Å²) < 4.78 is 51.1. The smallest absolute Gasteiger partial charge is 0.434 e. The minimum atomic E-state index is -5.01. The molecule has 1 heterocycles. The number of aromatic nitrogens is 2. The van der Waals surface area contributed by atoms with Gasteiger partial charge in [0.1, 0.15) is 5.57 Å². The van der Waals surface area contributed by atoms with E-state index < -0.39 is 52.3 Å². The first kappa shape index (κ1) is 26.0. The molecule has 0 aliphatic carbocycles. The fourth-order valence-electron chi connectivity index (χ4n) is 2.71. The Bertz CT molecular complexity index is 1090. The average molecular weight is 484 g/mol. The minimum Gasteiger partial charge on any atom is -0.462 e. The summed E-state index contributed by atoms with van der Waals surface area (Å²) in [5.74, 6) is -3.22. The summed E-state index contributed by atoms with van der Waals surface area (Å²) in [4.78, 5) is 46.3. The van der Waals surface area contributed by atoms with Crippen LogP contribution in [0.5, 0.6) is 0 Å². The number of alkyl halides is 3. The van der Waals surface area contributed by atoms with Gasteiger partial charge in [-0.05, 0) is 32.1 Å². The lowest BCUT2D eigenvalue weighted by Gasteiger charge is -2.12. The second-order valence-corrected chi connectivity index (χ2v) is 6.36. The highest BCUT2D eigenvalue weighted by Gasteiger charge is 2.40. The van der Waals surface area contributed by atoms with Gasteiger partial charge in [-0.1, -0.05) is 0 Å². The number of halogens is 3. The predicted octanol–water partition coefficient (Wildman–Crippen LogP) is 2.58. The second-order valence-electron chi connectivity index (χ2n) is 6.36. The number of benzene rings is 1. The molecular weight excluding hydrogens is 465 g/mol. The molecule has 0 aliphatic heterocycles. The number of nitro benzene ring substituents is 1. The quantitative estimate of drug-likeness (QED) is 0.143. The molecule has 182 valence electrons. The maximum Gasteiger partial charge on any atom is 0.434 e. The highest BCUT2D eigenvalue weighted by atomic mass is 19.4. The van der Waals surface area contributed by atoms with Gasteiger partial charge >= 0.3 is 18.1 Å². The van der Waals surface area contributed by atoms with E-state index in [2.05, 4.69) is 10.4 Å². The number of hydrogen-bond donors (Lipinski definition) is 1. The Hall–Kier alpha value is -4.23. The van der Waals surface area contributed by atoms with Crippen LogP contribution in [0.1, 0.15) is 29.9 Å². The van der Waals surface area contributed by atoms with Crippen molar-refractivity contribution in [1.29, 1.82) is 0 Å². The van der Waals surface area contributed by atoms with Gasteiger partial charge in [-0.3, -0.25) is 14.9 Å². The molecule has 1 N–H and O–H groups in total. The van der Waals surface area contributed by atoms with Gasteiger partial charge in [-0.15, -0.1) is 0 Å². The maximum atomic E-state index is 13.7. The fourth-order valence-corrected chi connectivity index (χ4v) is 2.71. The number of rotatable bonds is 9. The van der Waals surface area contributed by atoms with Crippen molar-refractivity contribution in [3.63, 3.8) is 0 Å². The molecule has 0 fully saturated rings. The van der Waals surface area contributed by atoms with E-state index in [1.54, 1.807) is 0 Å². The minimum absolute atomic E-state index is 0.0429. The van der Waals surface area contributed by atoms with Crippen molar-refractivity contribution in [2.75, 3.05) is 19.8 Å². The molecule has 34 heavy (non-hydrogen) atoms. The van der Waals surface area contributed by atoms with Crippen LogP contribution in [0.2, 0.25) is 0 Å². The van der Waals surface area contributed by atoms with E-state index in [1.165, 1.54) is 13.8 Å². The van der Waals surface area contributed by atoms with Gasteiger partial charge < -0.3 is 14.8 Å². The van der Waals surface area contributed by atoms with Crippen LogP contribution in [0.25, 0.3) is 5.69 Å². The van der Waals surface area contributed by atoms with Crippen LogP contribution in [0.4, 0.5) is 18.9 Å². The summed E-state index contributed by atoms with van der Waals surface area (Å²) in [7, 11) is 0. The predicted molar refractivity (Wildman–Crippen MR) is 109 cm³/mol. The molecule has 0 spiro atoms. The Morgan fingerprint density at radius 2 is 1.68 bits per heavy atom. The van der Waals surface area contributed by atoms with Crippen LogP contribution in [-0.4, -0.2) is 52.3 Å². The summed E-state index contributed by atoms with van der Waals surface area (Å²) in [6, 6.07) is 4.09. The molecule has 0 unspecified atom stereocenters. The van der Waals surface area contributed by atoms with E-state index in [0.29, 0.717) is 10.9 Å². The molecule has 0 saturated carbocycles. The zero-order valence-electron chi connectivity index (χ0n) is 17.9. The second kappa shape index (κ2) is 11.1. The number of carbonyl (C=O) groups is 3. The molecule has 0 aliphatic rings. The summed E-state index contributed by atoms with van der Waals surface area (Å²) in [5.41, 5.74) is -3.29. The van der Waals surface area contributed by atoms with Crippen molar-refractivity contribution in [2.24, 2.45) is 0 Å². The fraction of sp³-hybridized carbons (Fsp3) is 0.300. The highest BCUT2D eigenvalue weighted by molar-refractivity contribution is 6.14. The van der Waals surface area contributed by atoms with E-state index in [9.17, 15) is 37.7 Å². The Morgan fingerprint density at radius 3 is 2.15 bits per heavy atom. The molecule has 1 aromatic heterocycles. The molecule has 2 rings (SSSR count). The number of nitrogens with one attached hydrogen (secondary N) is 1.